The quantitative estimate of drug-likeness (QED) is 0.723. The number of nitrogens with two attached hydrogens (primary N) is 1. The van der Waals surface area contributed by atoms with Crippen LogP contribution in [0.25, 0.3) is 5.69 Å². The van der Waals surface area contributed by atoms with Crippen LogP contribution in [0.5, 0.6) is 0 Å². The molecule has 3 N–H and O–H groups in total. The fraction of sp³-hybridized carbons (Fsp3) is 0.400. The van der Waals surface area contributed by atoms with Gasteiger partial charge in [0.05, 0.1) is 11.4 Å². The third kappa shape index (κ3) is 3.36. The number of hydrogen-bond acceptors (Lipinski definition) is 5. The number of benzene rings is 1. The van der Waals surface area contributed by atoms with E-state index in [2.05, 4.69) is 9.82 Å². The van der Waals surface area contributed by atoms with Gasteiger partial charge in [-0.2, -0.15) is 4.68 Å². The molecule has 1 aliphatic heterocycles. The van der Waals surface area contributed by atoms with Gasteiger partial charge < -0.3 is 5.73 Å². The predicted octanol–water partition coefficient (Wildman–Crippen LogP) is 0.905. The smallest absolute Gasteiger partial charge is 0.350 e. The van der Waals surface area contributed by atoms with Crippen LogP contribution in [-0.4, -0.2) is 33.5 Å². The maximum atomic E-state index is 14.6. The number of anilines is 1. The van der Waals surface area contributed by atoms with E-state index >= 15 is 0 Å². The van der Waals surface area contributed by atoms with Gasteiger partial charge in [-0.1, -0.05) is 12.2 Å². The second-order valence-electron chi connectivity index (χ2n) is 5.94. The van der Waals surface area contributed by atoms with Gasteiger partial charge in [0.15, 0.2) is 0 Å². The second kappa shape index (κ2) is 6.80. The molecule has 0 saturated heterocycles. The predicted molar refractivity (Wildman–Crippen MR) is 99.7 cm³/mol. The van der Waals surface area contributed by atoms with E-state index < -0.39 is 21.5 Å². The van der Waals surface area contributed by atoms with Crippen molar-refractivity contribution < 1.29 is 12.8 Å². The first-order valence-electron chi connectivity index (χ1n) is 8.06. The molecule has 140 valence electrons. The lowest BCUT2D eigenvalue weighted by Gasteiger charge is -2.13. The van der Waals surface area contributed by atoms with Crippen LogP contribution in [0.4, 0.5) is 10.1 Å². The molecule has 0 amide bonds. The first-order chi connectivity index (χ1) is 12.2. The average molecular weight is 399 g/mol. The summed E-state index contributed by atoms with van der Waals surface area (Å²) < 4.78 is 43.3. The highest BCUT2D eigenvalue weighted by Gasteiger charge is 2.22. The van der Waals surface area contributed by atoms with E-state index in [0.29, 0.717) is 18.8 Å². The van der Waals surface area contributed by atoms with E-state index in [0.717, 1.165) is 23.6 Å². The summed E-state index contributed by atoms with van der Waals surface area (Å²) in [6.07, 6.45) is 2.38. The van der Waals surface area contributed by atoms with Gasteiger partial charge in [-0.15, -0.1) is 5.10 Å². The number of aryl methyl sites for hydroxylation is 1. The van der Waals surface area contributed by atoms with Crippen LogP contribution in [-0.2, 0) is 23.0 Å². The number of thiocarbonyl (C=S) groups is 1. The summed E-state index contributed by atoms with van der Waals surface area (Å²) in [5, 5.41) is 4.20. The number of rotatable bonds is 5. The number of sulfonamides is 1. The Morgan fingerprint density at radius 3 is 2.77 bits per heavy atom. The SMILES string of the molecule is CCS(=O)(=O)Nc1cc(-n2nc3n(c2=O)CCCC3)c(F)cc1C(N)=S. The number of nitrogens with zero attached hydrogens (tertiary/aromatic N) is 3. The summed E-state index contributed by atoms with van der Waals surface area (Å²) in [6, 6.07) is 2.20. The topological polar surface area (TPSA) is 112 Å². The van der Waals surface area contributed by atoms with Crippen molar-refractivity contribution in [3.05, 3.63) is 39.8 Å². The van der Waals surface area contributed by atoms with E-state index in [1.165, 1.54) is 17.6 Å². The van der Waals surface area contributed by atoms with Gasteiger partial charge in [-0.25, -0.2) is 17.6 Å². The van der Waals surface area contributed by atoms with Crippen molar-refractivity contribution in [2.75, 3.05) is 10.5 Å². The summed E-state index contributed by atoms with van der Waals surface area (Å²) in [5.41, 5.74) is 5.00. The normalized spacial score (nSPS) is 14.1. The van der Waals surface area contributed by atoms with E-state index in [4.69, 9.17) is 18.0 Å². The molecule has 0 bridgehead atoms. The van der Waals surface area contributed by atoms with Crippen molar-refractivity contribution in [3.8, 4) is 5.69 Å². The van der Waals surface area contributed by atoms with Gasteiger partial charge >= 0.3 is 5.69 Å². The van der Waals surface area contributed by atoms with E-state index in [9.17, 15) is 17.6 Å². The highest BCUT2D eigenvalue weighted by atomic mass is 32.2. The van der Waals surface area contributed by atoms with Crippen LogP contribution in [0.15, 0.2) is 16.9 Å². The lowest BCUT2D eigenvalue weighted by molar-refractivity contribution is 0.512. The molecule has 2 heterocycles. The van der Waals surface area contributed by atoms with Crippen LogP contribution in [0.1, 0.15) is 31.2 Å². The molecule has 26 heavy (non-hydrogen) atoms. The molecule has 1 aromatic carbocycles. The van der Waals surface area contributed by atoms with Gasteiger partial charge in [-0.3, -0.25) is 9.29 Å². The highest BCUT2D eigenvalue weighted by molar-refractivity contribution is 7.92. The zero-order chi connectivity index (χ0) is 19.1. The molecule has 0 aliphatic carbocycles. The van der Waals surface area contributed by atoms with Gasteiger partial charge in [0.25, 0.3) is 0 Å². The molecule has 8 nitrogen and oxygen atoms in total. The van der Waals surface area contributed by atoms with Crippen LogP contribution in [0.3, 0.4) is 0 Å². The fourth-order valence-corrected chi connectivity index (χ4v) is 3.63. The number of halogens is 1. The van der Waals surface area contributed by atoms with Crippen LogP contribution < -0.4 is 16.1 Å². The highest BCUT2D eigenvalue weighted by Crippen LogP contribution is 2.24. The van der Waals surface area contributed by atoms with Gasteiger partial charge in [0.2, 0.25) is 10.0 Å². The summed E-state index contributed by atoms with van der Waals surface area (Å²) in [6.45, 7) is 1.98. The average Bonchev–Trinajstić information content (AvgIpc) is 2.93. The summed E-state index contributed by atoms with van der Waals surface area (Å²) in [5.74, 6) is -0.380. The van der Waals surface area contributed by atoms with Crippen molar-refractivity contribution in [1.29, 1.82) is 0 Å². The Balaban J connectivity index is 2.18. The standard InChI is InChI=1S/C15H18FN5O3S2/c1-2-26(23,24)19-11-8-12(10(16)7-9(11)14(17)25)21-15(22)20-6-4-3-5-13(20)18-21/h7-8,19H,2-6H2,1H3,(H2,17,25). The molecule has 0 saturated carbocycles. The zero-order valence-corrected chi connectivity index (χ0v) is 15.7. The zero-order valence-electron chi connectivity index (χ0n) is 14.0. The van der Waals surface area contributed by atoms with Crippen molar-refractivity contribution in [3.63, 3.8) is 0 Å². The van der Waals surface area contributed by atoms with Crippen molar-refractivity contribution in [2.45, 2.75) is 32.7 Å². The summed E-state index contributed by atoms with van der Waals surface area (Å²) >= 11 is 4.88. The number of aromatic nitrogens is 3. The monoisotopic (exact) mass is 399 g/mol. The Bertz CT molecular complexity index is 1040. The minimum absolute atomic E-state index is 0.00798. The molecule has 0 radical (unpaired) electrons. The Kier molecular flexibility index (Phi) is 4.84. The van der Waals surface area contributed by atoms with E-state index in [1.54, 1.807) is 0 Å². The van der Waals surface area contributed by atoms with Crippen molar-refractivity contribution in [1.82, 2.24) is 14.3 Å². The Morgan fingerprint density at radius 1 is 1.42 bits per heavy atom. The molecule has 2 aromatic rings. The Morgan fingerprint density at radius 2 is 2.15 bits per heavy atom. The van der Waals surface area contributed by atoms with Crippen molar-refractivity contribution >= 4 is 32.9 Å². The number of nitrogens with one attached hydrogen (secondary N) is 1. The maximum absolute atomic E-state index is 14.6. The third-order valence-corrected chi connectivity index (χ3v) is 5.71. The minimum Gasteiger partial charge on any atom is -0.389 e. The van der Waals surface area contributed by atoms with Gasteiger partial charge in [0, 0.05) is 18.5 Å². The molecule has 1 aliphatic rings. The molecule has 11 heteroatoms. The van der Waals surface area contributed by atoms with Gasteiger partial charge in [0.1, 0.15) is 22.3 Å². The lowest BCUT2D eigenvalue weighted by Crippen LogP contribution is -2.27. The van der Waals surface area contributed by atoms with E-state index in [1.807, 2.05) is 0 Å². The summed E-state index contributed by atoms with van der Waals surface area (Å²) in [7, 11) is -3.65. The second-order valence-corrected chi connectivity index (χ2v) is 8.39. The molecular formula is C15H18FN5O3S2. The molecule has 3 rings (SSSR count). The summed E-state index contributed by atoms with van der Waals surface area (Å²) in [4.78, 5) is 12.4. The first-order valence-corrected chi connectivity index (χ1v) is 10.1. The van der Waals surface area contributed by atoms with E-state index in [-0.39, 0.29) is 27.7 Å². The largest absolute Gasteiger partial charge is 0.389 e. The maximum Gasteiger partial charge on any atom is 0.350 e. The molecule has 1 aromatic heterocycles. The Labute approximate surface area is 154 Å². The minimum atomic E-state index is -3.65. The third-order valence-electron chi connectivity index (χ3n) is 4.20. The molecular weight excluding hydrogens is 381 g/mol. The molecule has 0 unspecified atom stereocenters. The van der Waals surface area contributed by atoms with Crippen LogP contribution >= 0.6 is 12.2 Å². The van der Waals surface area contributed by atoms with Crippen molar-refractivity contribution in [2.24, 2.45) is 5.73 Å². The Hall–Kier alpha value is -2.27. The lowest BCUT2D eigenvalue weighted by atomic mass is 10.1. The number of fused-ring (bicyclic) bond motifs is 1. The molecule has 0 atom stereocenters. The van der Waals surface area contributed by atoms with Crippen LogP contribution in [0, 0.1) is 5.82 Å². The fourth-order valence-electron chi connectivity index (χ4n) is 2.81. The molecule has 0 spiro atoms. The molecule has 0 fully saturated rings. The number of hydrogen-bond donors (Lipinski definition) is 2. The first kappa shape index (κ1) is 18.5. The van der Waals surface area contributed by atoms with Gasteiger partial charge in [-0.05, 0) is 31.9 Å². The van der Waals surface area contributed by atoms with Crippen LogP contribution in [0.2, 0.25) is 0 Å².